The van der Waals surface area contributed by atoms with E-state index < -0.39 is 11.9 Å². The lowest BCUT2D eigenvalue weighted by molar-refractivity contribution is -0.132. The van der Waals surface area contributed by atoms with Crippen LogP contribution in [0.2, 0.25) is 0 Å². The van der Waals surface area contributed by atoms with Crippen molar-refractivity contribution in [3.8, 4) is 40.0 Å². The Hall–Kier alpha value is -5.45. The first kappa shape index (κ1) is 29.1. The molecule has 0 aliphatic carbocycles. The number of aryl methyl sites for hydroxylation is 1. The number of hydrogen-bond donors (Lipinski definition) is 2. The predicted molar refractivity (Wildman–Crippen MR) is 156 cm³/mol. The molecule has 43 heavy (non-hydrogen) atoms. The third-order valence-electron chi connectivity index (χ3n) is 6.94. The van der Waals surface area contributed by atoms with E-state index in [1.807, 2.05) is 6.92 Å². The van der Waals surface area contributed by atoms with Crippen molar-refractivity contribution in [1.29, 1.82) is 0 Å². The Bertz CT molecular complexity index is 1710. The van der Waals surface area contributed by atoms with Crippen LogP contribution in [0, 0.1) is 0 Å². The smallest absolute Gasteiger partial charge is 0.336 e. The molecule has 222 valence electrons. The van der Waals surface area contributed by atoms with E-state index in [4.69, 9.17) is 28.8 Å². The lowest BCUT2D eigenvalue weighted by Gasteiger charge is -2.13. The molecule has 1 aromatic heterocycles. The number of aromatic carboxylic acids is 1. The average Bonchev–Trinajstić information content (AvgIpc) is 3.65. The number of nitrogens with zero attached hydrogens (tertiary/aromatic N) is 2. The number of carboxylic acid groups (broad SMARTS) is 2. The highest BCUT2D eigenvalue weighted by molar-refractivity contribution is 5.94. The first-order chi connectivity index (χ1) is 20.8. The molecule has 0 saturated carbocycles. The summed E-state index contributed by atoms with van der Waals surface area (Å²) in [5.74, 6) is 0.241. The van der Waals surface area contributed by atoms with Crippen LogP contribution < -0.4 is 23.7 Å². The Kier molecular flexibility index (Phi) is 8.51. The van der Waals surface area contributed by atoms with Crippen molar-refractivity contribution in [2.45, 2.75) is 26.5 Å². The predicted octanol–water partition coefficient (Wildman–Crippen LogP) is 5.30. The van der Waals surface area contributed by atoms with E-state index in [2.05, 4.69) is 0 Å². The summed E-state index contributed by atoms with van der Waals surface area (Å²) < 4.78 is 29.6. The van der Waals surface area contributed by atoms with Gasteiger partial charge in [0.1, 0.15) is 12.4 Å². The Morgan fingerprint density at radius 3 is 2.40 bits per heavy atom. The average molecular weight is 587 g/mol. The van der Waals surface area contributed by atoms with Gasteiger partial charge in [-0.2, -0.15) is 5.10 Å². The van der Waals surface area contributed by atoms with Gasteiger partial charge in [0, 0.05) is 53.1 Å². The van der Waals surface area contributed by atoms with Crippen LogP contribution in [0.4, 0.5) is 0 Å². The van der Waals surface area contributed by atoms with E-state index in [1.54, 1.807) is 65.5 Å². The van der Waals surface area contributed by atoms with Gasteiger partial charge < -0.3 is 33.9 Å². The summed E-state index contributed by atoms with van der Waals surface area (Å²) in [7, 11) is 3.02. The third kappa shape index (κ3) is 6.25. The van der Waals surface area contributed by atoms with Gasteiger partial charge in [0.2, 0.25) is 6.79 Å². The first-order valence-electron chi connectivity index (χ1n) is 13.4. The molecule has 11 nitrogen and oxygen atoms in total. The van der Waals surface area contributed by atoms with Gasteiger partial charge in [-0.1, -0.05) is 18.2 Å². The van der Waals surface area contributed by atoms with E-state index in [0.717, 1.165) is 0 Å². The monoisotopic (exact) mass is 586 g/mol. The summed E-state index contributed by atoms with van der Waals surface area (Å²) in [4.78, 5) is 24.1. The summed E-state index contributed by atoms with van der Waals surface area (Å²) in [6.07, 6.45) is 3.43. The topological polar surface area (TPSA) is 139 Å². The minimum absolute atomic E-state index is 0.00102. The van der Waals surface area contributed by atoms with Gasteiger partial charge in [0.05, 0.1) is 25.5 Å². The summed E-state index contributed by atoms with van der Waals surface area (Å²) in [5, 5.41) is 24.4. The van der Waals surface area contributed by atoms with Gasteiger partial charge >= 0.3 is 11.9 Å². The van der Waals surface area contributed by atoms with E-state index in [0.29, 0.717) is 63.2 Å². The van der Waals surface area contributed by atoms with Crippen LogP contribution in [-0.4, -0.2) is 52.9 Å². The molecular formula is C32H30N2O9. The largest absolute Gasteiger partial charge is 0.496 e. The fourth-order valence-electron chi connectivity index (χ4n) is 4.75. The van der Waals surface area contributed by atoms with E-state index in [9.17, 15) is 19.8 Å². The Morgan fingerprint density at radius 1 is 0.953 bits per heavy atom. The number of methoxy groups -OCH3 is 2. The van der Waals surface area contributed by atoms with Gasteiger partial charge in [-0.3, -0.25) is 4.68 Å². The van der Waals surface area contributed by atoms with Gasteiger partial charge in [-0.25, -0.2) is 9.59 Å². The fraction of sp³-hybridized carbons (Fsp3) is 0.219. The molecule has 0 fully saturated rings. The van der Waals surface area contributed by atoms with Crippen molar-refractivity contribution in [1.82, 2.24) is 9.78 Å². The zero-order chi connectivity index (χ0) is 30.5. The van der Waals surface area contributed by atoms with Crippen LogP contribution in [0.3, 0.4) is 0 Å². The van der Waals surface area contributed by atoms with Gasteiger partial charge in [0.25, 0.3) is 0 Å². The molecule has 5 rings (SSSR count). The summed E-state index contributed by atoms with van der Waals surface area (Å²) in [6, 6.07) is 15.3. The van der Waals surface area contributed by atoms with Crippen molar-refractivity contribution >= 4 is 18.0 Å². The third-order valence-corrected chi connectivity index (χ3v) is 6.94. The summed E-state index contributed by atoms with van der Waals surface area (Å²) in [6.45, 7) is 2.58. The highest BCUT2D eigenvalue weighted by Crippen LogP contribution is 2.39. The number of ether oxygens (including phenoxy) is 5. The number of benzene rings is 3. The van der Waals surface area contributed by atoms with Crippen LogP contribution in [0.25, 0.3) is 17.3 Å². The van der Waals surface area contributed by atoms with Crippen molar-refractivity contribution in [2.75, 3.05) is 21.0 Å². The van der Waals surface area contributed by atoms with Crippen LogP contribution in [0.15, 0.2) is 66.4 Å². The second kappa shape index (κ2) is 12.6. The Labute approximate surface area is 247 Å². The van der Waals surface area contributed by atoms with Crippen LogP contribution in [0.1, 0.15) is 34.0 Å². The number of aliphatic carboxylic acids is 1. The van der Waals surface area contributed by atoms with Crippen molar-refractivity contribution in [3.63, 3.8) is 0 Å². The maximum Gasteiger partial charge on any atom is 0.336 e. The zero-order valence-electron chi connectivity index (χ0n) is 23.8. The Morgan fingerprint density at radius 2 is 1.70 bits per heavy atom. The fourth-order valence-corrected chi connectivity index (χ4v) is 4.75. The highest BCUT2D eigenvalue weighted by atomic mass is 16.7. The maximum absolute atomic E-state index is 12.4. The van der Waals surface area contributed by atoms with E-state index in [-0.39, 0.29) is 31.0 Å². The quantitative estimate of drug-likeness (QED) is 0.210. The molecule has 1 aliphatic rings. The molecule has 11 heteroatoms. The van der Waals surface area contributed by atoms with Crippen molar-refractivity contribution < 1.29 is 43.5 Å². The number of rotatable bonds is 12. The zero-order valence-corrected chi connectivity index (χ0v) is 23.8. The second-order valence-corrected chi connectivity index (χ2v) is 9.57. The van der Waals surface area contributed by atoms with Crippen LogP contribution >= 0.6 is 0 Å². The highest BCUT2D eigenvalue weighted by Gasteiger charge is 2.22. The summed E-state index contributed by atoms with van der Waals surface area (Å²) in [5.41, 5.74) is 3.18. The molecule has 2 N–H and O–H groups in total. The molecular weight excluding hydrogens is 556 g/mol. The number of carboxylic acids is 2. The van der Waals surface area contributed by atoms with Crippen molar-refractivity contribution in [2.24, 2.45) is 0 Å². The Balaban J connectivity index is 1.50. The van der Waals surface area contributed by atoms with E-state index in [1.165, 1.54) is 20.3 Å². The lowest BCUT2D eigenvalue weighted by atomic mass is 10.00. The molecule has 0 radical (unpaired) electrons. The molecule has 0 amide bonds. The molecule has 0 unspecified atom stereocenters. The SMILES string of the molecule is CCn1cc(C=C(Cc2cc3c(cc2OC)OCO3)C(=O)O)c(-c2ccc(OC)c(OCc3ccccc3C(=O)O)c2)n1. The minimum Gasteiger partial charge on any atom is -0.496 e. The molecule has 0 bridgehead atoms. The lowest BCUT2D eigenvalue weighted by Crippen LogP contribution is -2.06. The van der Waals surface area contributed by atoms with Crippen LogP contribution in [0.5, 0.6) is 28.7 Å². The number of carbonyl (C=O) groups is 2. The van der Waals surface area contributed by atoms with Crippen molar-refractivity contribution in [3.05, 3.63) is 88.6 Å². The molecule has 0 spiro atoms. The molecule has 0 atom stereocenters. The number of aromatic nitrogens is 2. The molecule has 3 aromatic carbocycles. The molecule has 4 aromatic rings. The van der Waals surface area contributed by atoms with Gasteiger partial charge in [-0.05, 0) is 43.3 Å². The van der Waals surface area contributed by atoms with E-state index >= 15 is 0 Å². The molecule has 2 heterocycles. The second-order valence-electron chi connectivity index (χ2n) is 9.57. The first-order valence-corrected chi connectivity index (χ1v) is 13.4. The normalized spacial score (nSPS) is 12.2. The molecule has 0 saturated heterocycles. The van der Waals surface area contributed by atoms with Crippen LogP contribution in [-0.2, 0) is 24.4 Å². The number of hydrogen-bond acceptors (Lipinski definition) is 8. The molecule has 1 aliphatic heterocycles. The maximum atomic E-state index is 12.4. The van der Waals surface area contributed by atoms with Gasteiger partial charge in [0.15, 0.2) is 23.0 Å². The minimum atomic E-state index is -1.09. The summed E-state index contributed by atoms with van der Waals surface area (Å²) >= 11 is 0. The van der Waals surface area contributed by atoms with Gasteiger partial charge in [-0.15, -0.1) is 0 Å². The number of fused-ring (bicyclic) bond motifs is 1. The standard InChI is InChI=1S/C32H30N2O9/c1-4-34-16-23(12-22(31(35)36)11-21-14-28-29(43-18-42-28)15-26(21)40-3)30(33-34)19-9-10-25(39-2)27(13-19)41-17-20-7-5-6-8-24(20)32(37)38/h5-10,12-16H,4,11,17-18H2,1-3H3,(H,35,36)(H,37,38).